The first-order valence-electron chi connectivity index (χ1n) is 7.32. The van der Waals surface area contributed by atoms with Crippen LogP contribution < -0.4 is 4.74 Å². The lowest BCUT2D eigenvalue weighted by atomic mass is 10.3. The molecule has 0 N–H and O–H groups in total. The molecule has 0 bridgehead atoms. The molecule has 3 nitrogen and oxygen atoms in total. The van der Waals surface area contributed by atoms with Crippen LogP contribution in [-0.4, -0.2) is 30.0 Å². The Bertz CT molecular complexity index is 564. The molecular weight excluding hydrogens is 282 g/mol. The Morgan fingerprint density at radius 3 is 2.67 bits per heavy atom. The van der Waals surface area contributed by atoms with Crippen molar-refractivity contribution in [3.63, 3.8) is 0 Å². The number of ether oxygens (including phenoxy) is 1. The van der Waals surface area contributed by atoms with E-state index in [0.29, 0.717) is 6.04 Å². The van der Waals surface area contributed by atoms with Gasteiger partial charge in [-0.15, -0.1) is 11.3 Å². The molecule has 0 radical (unpaired) electrons. The maximum Gasteiger partial charge on any atom is 0.260 e. The molecule has 2 aromatic rings. The first kappa shape index (κ1) is 14.1. The number of amides is 1. The monoisotopic (exact) mass is 301 g/mol. The highest BCUT2D eigenvalue weighted by Crippen LogP contribution is 2.27. The van der Waals surface area contributed by atoms with E-state index >= 15 is 0 Å². The molecular formula is C17H19NO2S. The predicted molar refractivity (Wildman–Crippen MR) is 84.7 cm³/mol. The van der Waals surface area contributed by atoms with Crippen LogP contribution >= 0.6 is 11.3 Å². The summed E-state index contributed by atoms with van der Waals surface area (Å²) in [7, 11) is 0. The van der Waals surface area contributed by atoms with Gasteiger partial charge in [0.25, 0.3) is 5.91 Å². The summed E-state index contributed by atoms with van der Waals surface area (Å²) in [4.78, 5) is 15.7. The third-order valence-electron chi connectivity index (χ3n) is 3.59. The summed E-state index contributed by atoms with van der Waals surface area (Å²) in [6.07, 6.45) is 3.19. The van der Waals surface area contributed by atoms with Gasteiger partial charge in [-0.2, -0.15) is 0 Å². The topological polar surface area (TPSA) is 29.5 Å². The van der Waals surface area contributed by atoms with Gasteiger partial charge in [-0.25, -0.2) is 0 Å². The second kappa shape index (κ2) is 6.76. The molecule has 1 heterocycles. The van der Waals surface area contributed by atoms with E-state index < -0.39 is 0 Å². The van der Waals surface area contributed by atoms with Crippen LogP contribution in [0.2, 0.25) is 0 Å². The average Bonchev–Trinajstić information content (AvgIpc) is 3.22. The summed E-state index contributed by atoms with van der Waals surface area (Å²) in [5, 5.41) is 2.08. The van der Waals surface area contributed by atoms with Crippen LogP contribution in [0.25, 0.3) is 0 Å². The van der Waals surface area contributed by atoms with Gasteiger partial charge in [-0.3, -0.25) is 4.79 Å². The SMILES string of the molecule is O=C(COc1ccccc1)N(CCc1cccs1)C1CC1. The number of rotatable bonds is 7. The maximum atomic E-state index is 12.4. The molecule has 1 aromatic heterocycles. The van der Waals surface area contributed by atoms with Crippen molar-refractivity contribution in [2.24, 2.45) is 0 Å². The zero-order chi connectivity index (χ0) is 14.5. The van der Waals surface area contributed by atoms with E-state index in [2.05, 4.69) is 17.5 Å². The molecule has 3 rings (SSSR count). The Morgan fingerprint density at radius 1 is 1.19 bits per heavy atom. The Morgan fingerprint density at radius 2 is 2.00 bits per heavy atom. The van der Waals surface area contributed by atoms with Gasteiger partial charge >= 0.3 is 0 Å². The molecule has 0 spiro atoms. The molecule has 0 saturated heterocycles. The number of hydrogen-bond acceptors (Lipinski definition) is 3. The van der Waals surface area contributed by atoms with Crippen LogP contribution in [0.15, 0.2) is 47.8 Å². The number of hydrogen-bond donors (Lipinski definition) is 0. The van der Waals surface area contributed by atoms with Crippen molar-refractivity contribution in [3.8, 4) is 5.75 Å². The molecule has 4 heteroatoms. The van der Waals surface area contributed by atoms with Gasteiger partial charge in [-0.05, 0) is 42.8 Å². The van der Waals surface area contributed by atoms with Gasteiger partial charge in [0, 0.05) is 17.5 Å². The highest BCUT2D eigenvalue weighted by atomic mass is 32.1. The number of nitrogens with zero attached hydrogens (tertiary/aromatic N) is 1. The first-order valence-corrected chi connectivity index (χ1v) is 8.20. The zero-order valence-electron chi connectivity index (χ0n) is 11.9. The summed E-state index contributed by atoms with van der Waals surface area (Å²) < 4.78 is 5.58. The lowest BCUT2D eigenvalue weighted by molar-refractivity contribution is -0.133. The zero-order valence-corrected chi connectivity index (χ0v) is 12.7. The summed E-state index contributed by atoms with van der Waals surface area (Å²) in [5.41, 5.74) is 0. The molecule has 1 fully saturated rings. The van der Waals surface area contributed by atoms with Crippen molar-refractivity contribution in [1.29, 1.82) is 0 Å². The minimum Gasteiger partial charge on any atom is -0.484 e. The van der Waals surface area contributed by atoms with Gasteiger partial charge in [-0.1, -0.05) is 24.3 Å². The second-order valence-corrected chi connectivity index (χ2v) is 6.28. The van der Waals surface area contributed by atoms with Crippen LogP contribution in [0.3, 0.4) is 0 Å². The average molecular weight is 301 g/mol. The Hall–Kier alpha value is -1.81. The Kier molecular flexibility index (Phi) is 4.55. The summed E-state index contributed by atoms with van der Waals surface area (Å²) in [6.45, 7) is 0.924. The standard InChI is InChI=1S/C17H19NO2S/c19-17(13-20-15-5-2-1-3-6-15)18(14-8-9-14)11-10-16-7-4-12-21-16/h1-7,12,14H,8-11,13H2. The van der Waals surface area contributed by atoms with Gasteiger partial charge in [0.15, 0.2) is 6.61 Å². The Balaban J connectivity index is 1.52. The van der Waals surface area contributed by atoms with Gasteiger partial charge in [0.1, 0.15) is 5.75 Å². The number of benzene rings is 1. The van der Waals surface area contributed by atoms with Gasteiger partial charge in [0.05, 0.1) is 0 Å². The van der Waals surface area contributed by atoms with Crippen molar-refractivity contribution >= 4 is 17.2 Å². The molecule has 1 saturated carbocycles. The number of carbonyl (C=O) groups excluding carboxylic acids is 1. The highest BCUT2D eigenvalue weighted by Gasteiger charge is 2.32. The third kappa shape index (κ3) is 4.08. The van der Waals surface area contributed by atoms with E-state index in [4.69, 9.17) is 4.74 Å². The first-order chi connectivity index (χ1) is 10.3. The van der Waals surface area contributed by atoms with E-state index in [1.54, 1.807) is 11.3 Å². The lowest BCUT2D eigenvalue weighted by Gasteiger charge is -2.22. The third-order valence-corrected chi connectivity index (χ3v) is 4.53. The van der Waals surface area contributed by atoms with Crippen LogP contribution in [-0.2, 0) is 11.2 Å². The quantitative estimate of drug-likeness (QED) is 0.785. The van der Waals surface area contributed by atoms with Crippen LogP contribution in [0.1, 0.15) is 17.7 Å². The second-order valence-electron chi connectivity index (χ2n) is 5.25. The fourth-order valence-corrected chi connectivity index (χ4v) is 3.03. The smallest absolute Gasteiger partial charge is 0.260 e. The van der Waals surface area contributed by atoms with Crippen LogP contribution in [0.4, 0.5) is 0 Å². The number of para-hydroxylation sites is 1. The molecule has 21 heavy (non-hydrogen) atoms. The van der Waals surface area contributed by atoms with Crippen LogP contribution in [0.5, 0.6) is 5.75 Å². The van der Waals surface area contributed by atoms with E-state index in [9.17, 15) is 4.79 Å². The van der Waals surface area contributed by atoms with E-state index in [0.717, 1.165) is 31.6 Å². The molecule has 110 valence electrons. The molecule has 0 unspecified atom stereocenters. The van der Waals surface area contributed by atoms with E-state index in [-0.39, 0.29) is 12.5 Å². The highest BCUT2D eigenvalue weighted by molar-refractivity contribution is 7.09. The van der Waals surface area contributed by atoms with E-state index in [1.807, 2.05) is 35.2 Å². The largest absolute Gasteiger partial charge is 0.484 e. The number of carbonyl (C=O) groups is 1. The fourth-order valence-electron chi connectivity index (χ4n) is 2.33. The van der Waals surface area contributed by atoms with Crippen molar-refractivity contribution in [2.75, 3.05) is 13.2 Å². The van der Waals surface area contributed by atoms with E-state index in [1.165, 1.54) is 4.88 Å². The summed E-state index contributed by atoms with van der Waals surface area (Å²) in [6, 6.07) is 14.1. The minimum absolute atomic E-state index is 0.0953. The van der Waals surface area contributed by atoms with Crippen LogP contribution in [0, 0.1) is 0 Å². The van der Waals surface area contributed by atoms with Gasteiger partial charge < -0.3 is 9.64 Å². The molecule has 1 aliphatic rings. The predicted octanol–water partition coefficient (Wildman–Crippen LogP) is 3.36. The molecule has 0 aliphatic heterocycles. The normalized spacial score (nSPS) is 13.9. The Labute approximate surface area is 129 Å². The summed E-state index contributed by atoms with van der Waals surface area (Å²) >= 11 is 1.75. The number of thiophene rings is 1. The van der Waals surface area contributed by atoms with Crippen molar-refractivity contribution < 1.29 is 9.53 Å². The van der Waals surface area contributed by atoms with Crippen molar-refractivity contribution in [3.05, 3.63) is 52.7 Å². The van der Waals surface area contributed by atoms with Crippen molar-refractivity contribution in [2.45, 2.75) is 25.3 Å². The van der Waals surface area contributed by atoms with Crippen molar-refractivity contribution in [1.82, 2.24) is 4.90 Å². The lowest BCUT2D eigenvalue weighted by Crippen LogP contribution is -2.38. The van der Waals surface area contributed by atoms with Gasteiger partial charge in [0.2, 0.25) is 0 Å². The molecule has 0 atom stereocenters. The summed E-state index contributed by atoms with van der Waals surface area (Å²) in [5.74, 6) is 0.845. The maximum absolute atomic E-state index is 12.4. The fraction of sp³-hybridized carbons (Fsp3) is 0.353. The molecule has 1 aliphatic carbocycles. The molecule has 1 aromatic carbocycles. The molecule has 1 amide bonds. The minimum atomic E-state index is 0.0953.